The number of likely N-dealkylation sites (tertiary alicyclic amines) is 2. The van der Waals surface area contributed by atoms with Crippen molar-refractivity contribution < 1.29 is 0 Å². The topological polar surface area (TPSA) is 6.48 Å². The van der Waals surface area contributed by atoms with Crippen LogP contribution in [0, 0.1) is 11.8 Å². The minimum absolute atomic E-state index is 0.401. The zero-order chi connectivity index (χ0) is 15.5. The molecule has 2 rings (SSSR count). The van der Waals surface area contributed by atoms with Crippen molar-refractivity contribution in [1.29, 1.82) is 0 Å². The van der Waals surface area contributed by atoms with Crippen LogP contribution in [0.15, 0.2) is 0 Å². The lowest BCUT2D eigenvalue weighted by atomic mass is 9.83. The van der Waals surface area contributed by atoms with Gasteiger partial charge in [-0.2, -0.15) is 0 Å². The Morgan fingerprint density at radius 1 is 0.952 bits per heavy atom. The van der Waals surface area contributed by atoms with Crippen LogP contribution in [0.3, 0.4) is 0 Å². The van der Waals surface area contributed by atoms with Gasteiger partial charge in [0.1, 0.15) is 0 Å². The number of hydrogen-bond acceptors (Lipinski definition) is 2. The Balaban J connectivity index is 1.85. The second kappa shape index (κ2) is 7.46. The van der Waals surface area contributed by atoms with Gasteiger partial charge >= 0.3 is 0 Å². The first-order valence-electron chi connectivity index (χ1n) is 9.37. The fourth-order valence-corrected chi connectivity index (χ4v) is 4.36. The summed E-state index contributed by atoms with van der Waals surface area (Å²) < 4.78 is 0. The second-order valence-corrected chi connectivity index (χ2v) is 8.61. The Hall–Kier alpha value is -0.0800. The molecule has 0 aromatic rings. The predicted octanol–water partition coefficient (Wildman–Crippen LogP) is 4.40. The minimum atomic E-state index is 0.401. The monoisotopic (exact) mass is 294 g/mol. The molecule has 0 radical (unpaired) electrons. The molecule has 2 heteroatoms. The number of rotatable bonds is 4. The standard InChI is InChI=1S/C19H38N2/c1-16(2)20-11-6-7-18(10-12-20)15-19(4,5)21-13-8-17(3)9-14-21/h16-18H,6-15H2,1-5H3. The Morgan fingerprint density at radius 2 is 1.62 bits per heavy atom. The number of hydrogen-bond donors (Lipinski definition) is 0. The minimum Gasteiger partial charge on any atom is -0.301 e. The van der Waals surface area contributed by atoms with E-state index in [1.165, 1.54) is 64.7 Å². The molecule has 1 unspecified atom stereocenters. The molecule has 2 saturated heterocycles. The van der Waals surface area contributed by atoms with Crippen LogP contribution in [0.5, 0.6) is 0 Å². The molecule has 0 spiro atoms. The molecule has 2 aliphatic rings. The Bertz CT molecular complexity index is 303. The highest BCUT2D eigenvalue weighted by Gasteiger charge is 2.32. The van der Waals surface area contributed by atoms with Crippen LogP contribution < -0.4 is 0 Å². The van der Waals surface area contributed by atoms with Crippen molar-refractivity contribution in [3.63, 3.8) is 0 Å². The Morgan fingerprint density at radius 3 is 2.24 bits per heavy atom. The lowest BCUT2D eigenvalue weighted by Crippen LogP contribution is -2.49. The van der Waals surface area contributed by atoms with E-state index in [-0.39, 0.29) is 0 Å². The van der Waals surface area contributed by atoms with Crippen molar-refractivity contribution in [2.75, 3.05) is 26.2 Å². The van der Waals surface area contributed by atoms with Crippen molar-refractivity contribution >= 4 is 0 Å². The molecule has 2 heterocycles. The summed E-state index contributed by atoms with van der Waals surface area (Å²) in [5.41, 5.74) is 0.401. The smallest absolute Gasteiger partial charge is 0.0155 e. The molecule has 0 amide bonds. The molecule has 0 saturated carbocycles. The maximum Gasteiger partial charge on any atom is 0.0155 e. The molecule has 0 N–H and O–H groups in total. The molecule has 21 heavy (non-hydrogen) atoms. The van der Waals surface area contributed by atoms with Gasteiger partial charge in [-0.3, -0.25) is 4.90 Å². The normalized spacial score (nSPS) is 28.0. The number of piperidine rings is 1. The van der Waals surface area contributed by atoms with Gasteiger partial charge in [-0.1, -0.05) is 6.92 Å². The maximum absolute atomic E-state index is 2.78. The van der Waals surface area contributed by atoms with Crippen molar-refractivity contribution in [2.45, 2.75) is 84.7 Å². The van der Waals surface area contributed by atoms with E-state index in [4.69, 9.17) is 0 Å². The zero-order valence-electron chi connectivity index (χ0n) is 15.2. The van der Waals surface area contributed by atoms with Crippen LogP contribution in [0.4, 0.5) is 0 Å². The molecule has 2 nitrogen and oxygen atoms in total. The molecule has 1 atom stereocenters. The van der Waals surface area contributed by atoms with Crippen molar-refractivity contribution in [3.8, 4) is 0 Å². The summed E-state index contributed by atoms with van der Waals surface area (Å²) in [5.74, 6) is 1.87. The molecule has 2 aliphatic heterocycles. The molecular formula is C19H38N2. The molecule has 0 aliphatic carbocycles. The summed E-state index contributed by atoms with van der Waals surface area (Å²) in [7, 11) is 0. The predicted molar refractivity (Wildman–Crippen MR) is 92.7 cm³/mol. The highest BCUT2D eigenvalue weighted by Crippen LogP contribution is 2.32. The third-order valence-electron chi connectivity index (χ3n) is 6.04. The summed E-state index contributed by atoms with van der Waals surface area (Å²) in [4.78, 5) is 5.45. The van der Waals surface area contributed by atoms with E-state index in [2.05, 4.69) is 44.4 Å². The molecule has 124 valence electrons. The van der Waals surface area contributed by atoms with Gasteiger partial charge in [0.05, 0.1) is 0 Å². The first-order valence-corrected chi connectivity index (χ1v) is 9.37. The van der Waals surface area contributed by atoms with Gasteiger partial charge in [-0.25, -0.2) is 0 Å². The lowest BCUT2D eigenvalue weighted by molar-refractivity contribution is 0.0566. The van der Waals surface area contributed by atoms with E-state index in [1.807, 2.05) is 0 Å². The van der Waals surface area contributed by atoms with Crippen LogP contribution in [-0.4, -0.2) is 47.6 Å². The lowest BCUT2D eigenvalue weighted by Gasteiger charge is -2.44. The Kier molecular flexibility index (Phi) is 6.14. The highest BCUT2D eigenvalue weighted by atomic mass is 15.2. The fraction of sp³-hybridized carbons (Fsp3) is 1.00. The Labute approximate surface area is 133 Å². The van der Waals surface area contributed by atoms with Crippen LogP contribution >= 0.6 is 0 Å². The van der Waals surface area contributed by atoms with Gasteiger partial charge in [0.15, 0.2) is 0 Å². The van der Waals surface area contributed by atoms with Gasteiger partial charge in [0.2, 0.25) is 0 Å². The van der Waals surface area contributed by atoms with E-state index in [0.717, 1.165) is 17.9 Å². The summed E-state index contributed by atoms with van der Waals surface area (Å²) >= 11 is 0. The molecule has 0 aromatic heterocycles. The fourth-order valence-electron chi connectivity index (χ4n) is 4.36. The summed E-state index contributed by atoms with van der Waals surface area (Å²) in [6.45, 7) is 17.4. The van der Waals surface area contributed by atoms with E-state index < -0.39 is 0 Å². The van der Waals surface area contributed by atoms with Gasteiger partial charge < -0.3 is 4.90 Å². The van der Waals surface area contributed by atoms with E-state index in [9.17, 15) is 0 Å². The van der Waals surface area contributed by atoms with Crippen molar-refractivity contribution in [1.82, 2.24) is 9.80 Å². The van der Waals surface area contributed by atoms with E-state index >= 15 is 0 Å². The van der Waals surface area contributed by atoms with Crippen LogP contribution in [-0.2, 0) is 0 Å². The van der Waals surface area contributed by atoms with Gasteiger partial charge in [0, 0.05) is 11.6 Å². The first kappa shape index (κ1) is 17.3. The van der Waals surface area contributed by atoms with Gasteiger partial charge in [0.25, 0.3) is 0 Å². The van der Waals surface area contributed by atoms with Crippen LogP contribution in [0.1, 0.15) is 73.1 Å². The maximum atomic E-state index is 2.78. The quantitative estimate of drug-likeness (QED) is 0.758. The molecule has 2 fully saturated rings. The first-order chi connectivity index (χ1) is 9.88. The van der Waals surface area contributed by atoms with E-state index in [1.54, 1.807) is 0 Å². The largest absolute Gasteiger partial charge is 0.301 e. The van der Waals surface area contributed by atoms with Crippen molar-refractivity contribution in [3.05, 3.63) is 0 Å². The molecule has 0 bridgehead atoms. The SMILES string of the molecule is CC1CCN(C(C)(C)CC2CCCN(C(C)C)CC2)CC1. The average molecular weight is 295 g/mol. The zero-order valence-corrected chi connectivity index (χ0v) is 15.2. The third-order valence-corrected chi connectivity index (χ3v) is 6.04. The van der Waals surface area contributed by atoms with Gasteiger partial charge in [-0.15, -0.1) is 0 Å². The van der Waals surface area contributed by atoms with Gasteiger partial charge in [-0.05, 0) is 104 Å². The van der Waals surface area contributed by atoms with Crippen LogP contribution in [0.25, 0.3) is 0 Å². The molecule has 0 aromatic carbocycles. The third kappa shape index (κ3) is 4.96. The average Bonchev–Trinajstić information content (AvgIpc) is 2.64. The summed E-state index contributed by atoms with van der Waals surface area (Å²) in [6, 6.07) is 0.723. The molecular weight excluding hydrogens is 256 g/mol. The highest BCUT2D eigenvalue weighted by molar-refractivity contribution is 4.88. The van der Waals surface area contributed by atoms with E-state index in [0.29, 0.717) is 5.54 Å². The number of nitrogens with zero attached hydrogens (tertiary/aromatic N) is 2. The second-order valence-electron chi connectivity index (χ2n) is 8.61. The van der Waals surface area contributed by atoms with Crippen LogP contribution in [0.2, 0.25) is 0 Å². The van der Waals surface area contributed by atoms with Crippen molar-refractivity contribution in [2.24, 2.45) is 11.8 Å². The summed E-state index contributed by atoms with van der Waals surface area (Å²) in [5, 5.41) is 0. The summed E-state index contributed by atoms with van der Waals surface area (Å²) in [6.07, 6.45) is 8.44.